The molecule has 1 saturated heterocycles. The van der Waals surface area contributed by atoms with E-state index in [-0.39, 0.29) is 5.56 Å². The molecule has 6 rings (SSSR count). The lowest BCUT2D eigenvalue weighted by atomic mass is 10.0. The highest BCUT2D eigenvalue weighted by Crippen LogP contribution is 2.35. The first-order chi connectivity index (χ1) is 17.4. The van der Waals surface area contributed by atoms with Crippen molar-refractivity contribution >= 4 is 45.1 Å². The second kappa shape index (κ2) is 9.11. The number of hydrogen-bond donors (Lipinski definition) is 0. The molecule has 0 saturated carbocycles. The summed E-state index contributed by atoms with van der Waals surface area (Å²) >= 11 is 12.6. The van der Waals surface area contributed by atoms with Gasteiger partial charge < -0.3 is 9.47 Å². The number of aromatic nitrogens is 4. The molecule has 184 valence electrons. The second-order valence-electron chi connectivity index (χ2n) is 9.59. The van der Waals surface area contributed by atoms with Gasteiger partial charge in [0.15, 0.2) is 0 Å². The zero-order valence-corrected chi connectivity index (χ0v) is 21.9. The number of likely N-dealkylation sites (tertiary alicyclic amines) is 1. The summed E-state index contributed by atoms with van der Waals surface area (Å²) in [7, 11) is 3.80. The summed E-state index contributed by atoms with van der Waals surface area (Å²) < 4.78 is 5.80. The van der Waals surface area contributed by atoms with Crippen LogP contribution >= 0.6 is 23.2 Å². The summed E-state index contributed by atoms with van der Waals surface area (Å²) in [5.74, 6) is 0. The third-order valence-electron chi connectivity index (χ3n) is 7.35. The molecule has 0 N–H and O–H groups in total. The molecule has 36 heavy (non-hydrogen) atoms. The molecule has 2 aromatic carbocycles. The predicted octanol–water partition coefficient (Wildman–Crippen LogP) is 5.96. The standard InChI is InChI=1S/C28H27Cl2N5O/c1-32-26-8-5-18(25-9-12-35(31-25)14-13-34-10-3-4-11-34)15-21(26)22-17-23(28(36)33(2)27(22)32)20-7-6-19(29)16-24(20)30/h5-9,12,15-17H,3-4,10-11,13-14H2,1-2H3. The van der Waals surface area contributed by atoms with Crippen molar-refractivity contribution in [2.75, 3.05) is 19.6 Å². The molecule has 1 aliphatic heterocycles. The van der Waals surface area contributed by atoms with Crippen molar-refractivity contribution in [3.8, 4) is 22.4 Å². The van der Waals surface area contributed by atoms with Gasteiger partial charge in [0.05, 0.1) is 22.8 Å². The first-order valence-electron chi connectivity index (χ1n) is 12.2. The van der Waals surface area contributed by atoms with E-state index in [9.17, 15) is 4.79 Å². The van der Waals surface area contributed by atoms with Gasteiger partial charge in [-0.05, 0) is 62.3 Å². The minimum absolute atomic E-state index is 0.102. The van der Waals surface area contributed by atoms with E-state index in [1.807, 2.05) is 17.8 Å². The maximum Gasteiger partial charge on any atom is 0.259 e. The lowest BCUT2D eigenvalue weighted by Crippen LogP contribution is -2.24. The highest BCUT2D eigenvalue weighted by molar-refractivity contribution is 6.36. The van der Waals surface area contributed by atoms with Gasteiger partial charge in [-0.2, -0.15) is 5.10 Å². The molecule has 0 radical (unpaired) electrons. The third-order valence-corrected chi connectivity index (χ3v) is 7.90. The normalized spacial score (nSPS) is 14.4. The van der Waals surface area contributed by atoms with Crippen molar-refractivity contribution in [2.24, 2.45) is 14.1 Å². The number of nitrogens with zero attached hydrogens (tertiary/aromatic N) is 5. The topological polar surface area (TPSA) is 48.0 Å². The van der Waals surface area contributed by atoms with E-state index in [1.165, 1.54) is 25.9 Å². The van der Waals surface area contributed by atoms with E-state index < -0.39 is 0 Å². The van der Waals surface area contributed by atoms with E-state index in [4.69, 9.17) is 28.3 Å². The number of benzene rings is 2. The van der Waals surface area contributed by atoms with Crippen molar-refractivity contribution in [3.05, 3.63) is 75.1 Å². The molecule has 0 aliphatic carbocycles. The van der Waals surface area contributed by atoms with Crippen molar-refractivity contribution in [2.45, 2.75) is 19.4 Å². The largest absolute Gasteiger partial charge is 0.330 e. The van der Waals surface area contributed by atoms with E-state index in [1.54, 1.807) is 29.8 Å². The molecule has 0 amide bonds. The number of rotatable bonds is 5. The molecule has 1 aliphatic rings. The van der Waals surface area contributed by atoms with Crippen LogP contribution in [0.1, 0.15) is 12.8 Å². The van der Waals surface area contributed by atoms with Crippen LogP contribution in [0.3, 0.4) is 0 Å². The van der Waals surface area contributed by atoms with Gasteiger partial charge in [-0.1, -0.05) is 35.3 Å². The Balaban J connectivity index is 1.44. The number of hydrogen-bond acceptors (Lipinski definition) is 3. The average molecular weight is 520 g/mol. The second-order valence-corrected chi connectivity index (χ2v) is 10.4. The molecule has 4 heterocycles. The summed E-state index contributed by atoms with van der Waals surface area (Å²) in [6.07, 6.45) is 4.66. The van der Waals surface area contributed by atoms with Crippen LogP contribution < -0.4 is 5.56 Å². The highest BCUT2D eigenvalue weighted by Gasteiger charge is 2.18. The maximum absolute atomic E-state index is 13.3. The number of halogens is 2. The fourth-order valence-corrected chi connectivity index (χ4v) is 5.95. The van der Waals surface area contributed by atoms with Gasteiger partial charge in [-0.15, -0.1) is 0 Å². The quantitative estimate of drug-likeness (QED) is 0.287. The molecule has 0 unspecified atom stereocenters. The summed E-state index contributed by atoms with van der Waals surface area (Å²) in [4.78, 5) is 15.8. The first-order valence-corrected chi connectivity index (χ1v) is 13.0. The SMILES string of the molecule is Cn1c(=O)c(-c2ccc(Cl)cc2Cl)cc2c3cc(-c4ccn(CCN5CCCC5)n4)ccc3n(C)c21. The summed E-state index contributed by atoms with van der Waals surface area (Å²) in [5, 5.41) is 7.91. The van der Waals surface area contributed by atoms with Gasteiger partial charge in [0, 0.05) is 59.3 Å². The van der Waals surface area contributed by atoms with Crippen LogP contribution in [0.15, 0.2) is 59.5 Å². The summed E-state index contributed by atoms with van der Waals surface area (Å²) in [6.45, 7) is 4.31. The van der Waals surface area contributed by atoms with Gasteiger partial charge >= 0.3 is 0 Å². The molecule has 0 spiro atoms. The monoisotopic (exact) mass is 519 g/mol. The Hall–Kier alpha value is -3.06. The van der Waals surface area contributed by atoms with Crippen molar-refractivity contribution in [3.63, 3.8) is 0 Å². The smallest absolute Gasteiger partial charge is 0.259 e. The fourth-order valence-electron chi connectivity index (χ4n) is 5.44. The van der Waals surface area contributed by atoms with Crippen molar-refractivity contribution < 1.29 is 0 Å². The molecular weight excluding hydrogens is 493 g/mol. The maximum atomic E-state index is 13.3. The average Bonchev–Trinajstić information content (AvgIpc) is 3.61. The molecular formula is C28H27Cl2N5O. The lowest BCUT2D eigenvalue weighted by Gasteiger charge is -2.13. The predicted molar refractivity (Wildman–Crippen MR) is 148 cm³/mol. The third kappa shape index (κ3) is 3.94. The Morgan fingerprint density at radius 2 is 1.67 bits per heavy atom. The molecule has 6 nitrogen and oxygen atoms in total. The van der Waals surface area contributed by atoms with Crippen LogP contribution in [0, 0.1) is 0 Å². The van der Waals surface area contributed by atoms with Crippen LogP contribution in [0.5, 0.6) is 0 Å². The number of fused-ring (bicyclic) bond motifs is 3. The Bertz CT molecular complexity index is 1670. The fraction of sp³-hybridized carbons (Fsp3) is 0.286. The Morgan fingerprint density at radius 3 is 2.44 bits per heavy atom. The number of pyridine rings is 1. The molecule has 1 fully saturated rings. The minimum Gasteiger partial charge on any atom is -0.330 e. The first kappa shape index (κ1) is 23.3. The van der Waals surface area contributed by atoms with E-state index >= 15 is 0 Å². The molecule has 8 heteroatoms. The molecule has 5 aromatic rings. The van der Waals surface area contributed by atoms with Crippen LogP contribution in [0.2, 0.25) is 10.0 Å². The molecule has 0 atom stereocenters. The zero-order valence-electron chi connectivity index (χ0n) is 20.3. The zero-order chi connectivity index (χ0) is 25.0. The van der Waals surface area contributed by atoms with Gasteiger partial charge in [0.25, 0.3) is 5.56 Å². The van der Waals surface area contributed by atoms with Crippen LogP contribution in [-0.2, 0) is 20.6 Å². The Morgan fingerprint density at radius 1 is 0.861 bits per heavy atom. The molecule has 3 aromatic heterocycles. The summed E-state index contributed by atoms with van der Waals surface area (Å²) in [6, 6.07) is 15.6. The number of aryl methyl sites for hydroxylation is 2. The Kier molecular flexibility index (Phi) is 5.91. The van der Waals surface area contributed by atoms with Gasteiger partial charge in [-0.25, -0.2) is 0 Å². The minimum atomic E-state index is -0.102. The van der Waals surface area contributed by atoms with E-state index in [2.05, 4.69) is 39.9 Å². The van der Waals surface area contributed by atoms with Gasteiger partial charge in [0.2, 0.25) is 0 Å². The molecule has 0 bridgehead atoms. The van der Waals surface area contributed by atoms with Crippen LogP contribution in [0.4, 0.5) is 0 Å². The van der Waals surface area contributed by atoms with Crippen LogP contribution in [0.25, 0.3) is 44.3 Å². The van der Waals surface area contributed by atoms with Crippen molar-refractivity contribution in [1.29, 1.82) is 0 Å². The van der Waals surface area contributed by atoms with E-state index in [0.717, 1.165) is 46.3 Å². The van der Waals surface area contributed by atoms with Gasteiger partial charge in [0.1, 0.15) is 5.65 Å². The summed E-state index contributed by atoms with van der Waals surface area (Å²) in [5.41, 5.74) is 5.03. The van der Waals surface area contributed by atoms with Gasteiger partial charge in [-0.3, -0.25) is 14.0 Å². The van der Waals surface area contributed by atoms with E-state index in [0.29, 0.717) is 21.2 Å². The highest BCUT2D eigenvalue weighted by atomic mass is 35.5. The Labute approximate surface area is 219 Å². The lowest BCUT2D eigenvalue weighted by molar-refractivity contribution is 0.316. The van der Waals surface area contributed by atoms with Crippen LogP contribution in [-0.4, -0.2) is 43.4 Å². The van der Waals surface area contributed by atoms with Crippen molar-refractivity contribution in [1.82, 2.24) is 23.8 Å².